The maximum Gasteiger partial charge on any atom is 0.328 e. The number of nitrogens with zero attached hydrogens (tertiary/aromatic N) is 1. The van der Waals surface area contributed by atoms with Crippen LogP contribution in [-0.4, -0.2) is 23.2 Å². The van der Waals surface area contributed by atoms with Crippen molar-refractivity contribution in [1.82, 2.24) is 4.98 Å². The average molecular weight is 308 g/mol. The quantitative estimate of drug-likeness (QED) is 0.885. The largest absolute Gasteiger partial charge is 0.496 e. The second kappa shape index (κ2) is 5.18. The first-order valence-electron chi connectivity index (χ1n) is 5.16. The number of pyridine rings is 1. The highest BCUT2D eigenvalue weighted by Gasteiger charge is 2.06. The van der Waals surface area contributed by atoms with E-state index in [0.29, 0.717) is 5.69 Å². The highest BCUT2D eigenvalue weighted by atomic mass is 79.9. The fourth-order valence-electron chi connectivity index (χ4n) is 1.57. The highest BCUT2D eigenvalue weighted by molar-refractivity contribution is 9.10. The SMILES string of the molecule is COc1ccc2nc(C=CC(=O)O)ccc2c1Br. The number of aromatic nitrogens is 1. The molecule has 0 aliphatic heterocycles. The molecule has 0 amide bonds. The smallest absolute Gasteiger partial charge is 0.328 e. The molecule has 2 aromatic rings. The number of methoxy groups -OCH3 is 1. The summed E-state index contributed by atoms with van der Waals surface area (Å²) in [6.07, 6.45) is 2.52. The number of aliphatic carboxylic acids is 1. The molecule has 0 atom stereocenters. The molecule has 1 aromatic carbocycles. The van der Waals surface area contributed by atoms with E-state index in [-0.39, 0.29) is 0 Å². The van der Waals surface area contributed by atoms with Crippen LogP contribution in [0, 0.1) is 0 Å². The molecule has 1 N–H and O–H groups in total. The molecule has 92 valence electrons. The van der Waals surface area contributed by atoms with Crippen molar-refractivity contribution >= 4 is 38.9 Å². The van der Waals surface area contributed by atoms with Gasteiger partial charge in [-0.25, -0.2) is 9.78 Å². The summed E-state index contributed by atoms with van der Waals surface area (Å²) >= 11 is 3.45. The van der Waals surface area contributed by atoms with Crippen molar-refractivity contribution in [3.8, 4) is 5.75 Å². The van der Waals surface area contributed by atoms with Crippen LogP contribution in [0.5, 0.6) is 5.75 Å². The number of benzene rings is 1. The average Bonchev–Trinajstić information content (AvgIpc) is 2.37. The lowest BCUT2D eigenvalue weighted by Crippen LogP contribution is -1.90. The van der Waals surface area contributed by atoms with Gasteiger partial charge in [-0.1, -0.05) is 0 Å². The first-order chi connectivity index (χ1) is 8.61. The number of rotatable bonds is 3. The number of carbonyl (C=O) groups is 1. The summed E-state index contributed by atoms with van der Waals surface area (Å²) in [6.45, 7) is 0. The third-order valence-electron chi connectivity index (χ3n) is 2.41. The molecule has 0 unspecified atom stereocenters. The third-order valence-corrected chi connectivity index (χ3v) is 3.23. The molecular weight excluding hydrogens is 298 g/mol. The second-order valence-corrected chi connectivity index (χ2v) is 4.35. The van der Waals surface area contributed by atoms with Crippen LogP contribution in [0.25, 0.3) is 17.0 Å². The van der Waals surface area contributed by atoms with Gasteiger partial charge in [0.05, 0.1) is 22.8 Å². The van der Waals surface area contributed by atoms with E-state index in [1.807, 2.05) is 18.2 Å². The molecule has 0 spiro atoms. The number of carboxylic acid groups (broad SMARTS) is 1. The monoisotopic (exact) mass is 307 g/mol. The predicted molar refractivity (Wildman–Crippen MR) is 72.7 cm³/mol. The van der Waals surface area contributed by atoms with Gasteiger partial charge < -0.3 is 9.84 Å². The summed E-state index contributed by atoms with van der Waals surface area (Å²) in [5.41, 5.74) is 1.37. The van der Waals surface area contributed by atoms with Gasteiger partial charge in [-0.2, -0.15) is 0 Å². The summed E-state index contributed by atoms with van der Waals surface area (Å²) in [7, 11) is 1.60. The van der Waals surface area contributed by atoms with Gasteiger partial charge in [-0.15, -0.1) is 0 Å². The van der Waals surface area contributed by atoms with Crippen LogP contribution in [0.3, 0.4) is 0 Å². The molecule has 0 bridgehead atoms. The van der Waals surface area contributed by atoms with Crippen molar-refractivity contribution in [2.75, 3.05) is 7.11 Å². The minimum atomic E-state index is -0.993. The summed E-state index contributed by atoms with van der Waals surface area (Å²) in [4.78, 5) is 14.8. The number of ether oxygens (including phenoxy) is 1. The maximum absolute atomic E-state index is 10.4. The minimum Gasteiger partial charge on any atom is -0.496 e. The van der Waals surface area contributed by atoms with Crippen molar-refractivity contribution in [3.63, 3.8) is 0 Å². The molecule has 0 aliphatic carbocycles. The lowest BCUT2D eigenvalue weighted by molar-refractivity contribution is -0.131. The Hall–Kier alpha value is -1.88. The van der Waals surface area contributed by atoms with Crippen LogP contribution in [-0.2, 0) is 4.79 Å². The zero-order chi connectivity index (χ0) is 13.1. The van der Waals surface area contributed by atoms with Crippen LogP contribution in [0.1, 0.15) is 5.69 Å². The first kappa shape index (κ1) is 12.6. The van der Waals surface area contributed by atoms with Gasteiger partial charge >= 0.3 is 5.97 Å². The van der Waals surface area contributed by atoms with Crippen molar-refractivity contribution in [2.24, 2.45) is 0 Å². The van der Waals surface area contributed by atoms with Crippen molar-refractivity contribution in [2.45, 2.75) is 0 Å². The van der Waals surface area contributed by atoms with Crippen molar-refractivity contribution < 1.29 is 14.6 Å². The van der Waals surface area contributed by atoms with E-state index in [4.69, 9.17) is 9.84 Å². The normalized spacial score (nSPS) is 11.0. The van der Waals surface area contributed by atoms with Gasteiger partial charge in [0, 0.05) is 11.5 Å². The predicted octanol–water partition coefficient (Wildman–Crippen LogP) is 3.10. The molecular formula is C13H10BrNO3. The Labute approximate surface area is 112 Å². The lowest BCUT2D eigenvalue weighted by atomic mass is 10.2. The molecule has 1 heterocycles. The van der Waals surface area contributed by atoms with E-state index in [2.05, 4.69) is 20.9 Å². The summed E-state index contributed by atoms with van der Waals surface area (Å²) in [6, 6.07) is 7.27. The summed E-state index contributed by atoms with van der Waals surface area (Å²) in [5.74, 6) is -0.258. The zero-order valence-corrected chi connectivity index (χ0v) is 11.1. The van der Waals surface area contributed by atoms with Gasteiger partial charge in [-0.3, -0.25) is 0 Å². The standard InChI is InChI=1S/C13H10BrNO3/c1-18-11-6-5-10-9(13(11)14)4-2-8(15-10)3-7-12(16)17/h2-7H,1H3,(H,16,17). The van der Waals surface area contributed by atoms with E-state index in [1.165, 1.54) is 6.08 Å². The lowest BCUT2D eigenvalue weighted by Gasteiger charge is -2.06. The van der Waals surface area contributed by atoms with Crippen LogP contribution in [0.15, 0.2) is 34.8 Å². The van der Waals surface area contributed by atoms with Crippen LogP contribution < -0.4 is 4.74 Å². The summed E-state index contributed by atoms with van der Waals surface area (Å²) in [5, 5.41) is 9.48. The van der Waals surface area contributed by atoms with Crippen LogP contribution >= 0.6 is 15.9 Å². The molecule has 0 saturated carbocycles. The van der Waals surface area contributed by atoms with E-state index in [9.17, 15) is 4.79 Å². The Morgan fingerprint density at radius 3 is 2.83 bits per heavy atom. The van der Waals surface area contributed by atoms with E-state index in [1.54, 1.807) is 13.2 Å². The van der Waals surface area contributed by atoms with Gasteiger partial charge in [0.15, 0.2) is 0 Å². The number of halogens is 1. The first-order valence-corrected chi connectivity index (χ1v) is 5.95. The Kier molecular flexibility index (Phi) is 3.62. The van der Waals surface area contributed by atoms with Gasteiger partial charge in [0.25, 0.3) is 0 Å². The third kappa shape index (κ3) is 2.51. The van der Waals surface area contributed by atoms with Gasteiger partial charge in [-0.05, 0) is 46.3 Å². The number of hydrogen-bond acceptors (Lipinski definition) is 3. The van der Waals surface area contributed by atoms with Gasteiger partial charge in [0.1, 0.15) is 5.75 Å². The number of fused-ring (bicyclic) bond motifs is 1. The van der Waals surface area contributed by atoms with E-state index < -0.39 is 5.97 Å². The van der Waals surface area contributed by atoms with Gasteiger partial charge in [0.2, 0.25) is 0 Å². The molecule has 5 heteroatoms. The van der Waals surface area contributed by atoms with Crippen molar-refractivity contribution in [3.05, 3.63) is 40.5 Å². The Balaban J connectivity index is 2.50. The van der Waals surface area contributed by atoms with E-state index in [0.717, 1.165) is 27.2 Å². The van der Waals surface area contributed by atoms with E-state index >= 15 is 0 Å². The zero-order valence-electron chi connectivity index (χ0n) is 9.55. The topological polar surface area (TPSA) is 59.4 Å². The molecule has 18 heavy (non-hydrogen) atoms. The Morgan fingerprint density at radius 2 is 2.17 bits per heavy atom. The van der Waals surface area contributed by atoms with Crippen LogP contribution in [0.2, 0.25) is 0 Å². The molecule has 4 nitrogen and oxygen atoms in total. The minimum absolute atomic E-state index is 0.599. The Morgan fingerprint density at radius 1 is 1.39 bits per heavy atom. The molecule has 0 aliphatic rings. The maximum atomic E-state index is 10.4. The number of hydrogen-bond donors (Lipinski definition) is 1. The molecule has 1 aromatic heterocycles. The highest BCUT2D eigenvalue weighted by Crippen LogP contribution is 2.32. The molecule has 2 rings (SSSR count). The molecule has 0 fully saturated rings. The fraction of sp³-hybridized carbons (Fsp3) is 0.0769. The fourth-order valence-corrected chi connectivity index (χ4v) is 2.20. The summed E-state index contributed by atoms with van der Waals surface area (Å²) < 4.78 is 6.03. The second-order valence-electron chi connectivity index (χ2n) is 3.56. The molecule has 0 radical (unpaired) electrons. The molecule has 0 saturated heterocycles. The van der Waals surface area contributed by atoms with Crippen LogP contribution in [0.4, 0.5) is 0 Å². The van der Waals surface area contributed by atoms with Crippen molar-refractivity contribution in [1.29, 1.82) is 0 Å². The Bertz CT molecular complexity index is 637. The number of carboxylic acids is 1.